The summed E-state index contributed by atoms with van der Waals surface area (Å²) < 4.78 is 0. The molecule has 0 aliphatic carbocycles. The van der Waals surface area contributed by atoms with Crippen LogP contribution in [0.4, 0.5) is 11.5 Å². The number of pyridine rings is 1. The zero-order valence-corrected chi connectivity index (χ0v) is 14.4. The highest BCUT2D eigenvalue weighted by atomic mass is 32.1. The van der Waals surface area contributed by atoms with Crippen molar-refractivity contribution in [3.63, 3.8) is 0 Å². The van der Waals surface area contributed by atoms with E-state index in [0.29, 0.717) is 0 Å². The van der Waals surface area contributed by atoms with Gasteiger partial charge in [0.25, 0.3) is 0 Å². The monoisotopic (exact) mass is 345 g/mol. The maximum atomic E-state index is 4.72. The minimum atomic E-state index is 0.775. The Hall–Kier alpha value is -3.12. The zero-order valence-electron chi connectivity index (χ0n) is 13.5. The summed E-state index contributed by atoms with van der Waals surface area (Å²) in [5.74, 6) is 0.775. The quantitative estimate of drug-likeness (QED) is 0.580. The summed E-state index contributed by atoms with van der Waals surface area (Å²) in [5.41, 5.74) is 4.77. The lowest BCUT2D eigenvalue weighted by Crippen LogP contribution is -1.95. The molecule has 3 heterocycles. The van der Waals surface area contributed by atoms with Crippen LogP contribution in [0.25, 0.3) is 22.0 Å². The Morgan fingerprint density at radius 3 is 2.72 bits per heavy atom. The molecular weight excluding hydrogens is 330 g/mol. The predicted molar refractivity (Wildman–Crippen MR) is 101 cm³/mol. The Kier molecular flexibility index (Phi) is 4.18. The summed E-state index contributed by atoms with van der Waals surface area (Å²) in [5, 5.41) is 6.28. The molecule has 4 rings (SSSR count). The highest BCUT2D eigenvalue weighted by Gasteiger charge is 2.08. The molecule has 0 fully saturated rings. The number of benzene rings is 1. The fourth-order valence-corrected chi connectivity index (χ4v) is 3.24. The van der Waals surface area contributed by atoms with E-state index >= 15 is 0 Å². The van der Waals surface area contributed by atoms with Crippen LogP contribution in [0.15, 0.2) is 66.4 Å². The van der Waals surface area contributed by atoms with Gasteiger partial charge in [-0.1, -0.05) is 18.2 Å². The van der Waals surface area contributed by atoms with E-state index in [-0.39, 0.29) is 0 Å². The lowest BCUT2D eigenvalue weighted by atomic mass is 10.1. The average molecular weight is 345 g/mol. The number of nitrogens with one attached hydrogen (secondary N) is 1. The molecule has 0 spiro atoms. The second kappa shape index (κ2) is 6.78. The number of thiazole rings is 1. The highest BCUT2D eigenvalue weighted by molar-refractivity contribution is 7.13. The van der Waals surface area contributed by atoms with Gasteiger partial charge >= 0.3 is 0 Å². The third kappa shape index (κ3) is 3.54. The van der Waals surface area contributed by atoms with E-state index in [0.717, 1.165) is 39.2 Å². The maximum absolute atomic E-state index is 4.72. The maximum Gasteiger partial charge on any atom is 0.142 e. The van der Waals surface area contributed by atoms with Gasteiger partial charge in [0.15, 0.2) is 0 Å². The summed E-state index contributed by atoms with van der Waals surface area (Å²) in [7, 11) is 0. The molecule has 0 bridgehead atoms. The van der Waals surface area contributed by atoms with E-state index in [2.05, 4.69) is 31.7 Å². The van der Waals surface area contributed by atoms with Crippen molar-refractivity contribution in [3.8, 4) is 22.0 Å². The van der Waals surface area contributed by atoms with Gasteiger partial charge in [-0.05, 0) is 31.2 Å². The third-order valence-electron chi connectivity index (χ3n) is 3.62. The standard InChI is InChI=1S/C19H15N5S/c1-13-9-18(22-12-21-13)23-15-6-4-5-14(10-15)17-11-25-19(24-17)16-7-2-3-8-20-16/h2-12H,1H3,(H,21,22,23). The molecular formula is C19H15N5S. The first-order chi connectivity index (χ1) is 12.3. The van der Waals surface area contributed by atoms with Crippen LogP contribution in [0, 0.1) is 6.92 Å². The van der Waals surface area contributed by atoms with Crippen LogP contribution < -0.4 is 5.32 Å². The minimum absolute atomic E-state index is 0.775. The second-order valence-electron chi connectivity index (χ2n) is 5.50. The lowest BCUT2D eigenvalue weighted by Gasteiger charge is -2.07. The average Bonchev–Trinajstić information content (AvgIpc) is 3.13. The number of hydrogen-bond acceptors (Lipinski definition) is 6. The Morgan fingerprint density at radius 2 is 1.88 bits per heavy atom. The van der Waals surface area contributed by atoms with Gasteiger partial charge in [0, 0.05) is 34.6 Å². The van der Waals surface area contributed by atoms with Crippen LogP contribution in [0.5, 0.6) is 0 Å². The fourth-order valence-electron chi connectivity index (χ4n) is 2.44. The number of nitrogens with zero attached hydrogens (tertiary/aromatic N) is 4. The number of aromatic nitrogens is 4. The summed E-state index contributed by atoms with van der Waals surface area (Å²) in [6, 6.07) is 15.9. The van der Waals surface area contributed by atoms with E-state index < -0.39 is 0 Å². The van der Waals surface area contributed by atoms with Crippen molar-refractivity contribution in [2.24, 2.45) is 0 Å². The van der Waals surface area contributed by atoms with Crippen LogP contribution in [-0.2, 0) is 0 Å². The van der Waals surface area contributed by atoms with Gasteiger partial charge in [-0.3, -0.25) is 4.98 Å². The van der Waals surface area contributed by atoms with E-state index in [9.17, 15) is 0 Å². The molecule has 0 amide bonds. The molecule has 25 heavy (non-hydrogen) atoms. The van der Waals surface area contributed by atoms with Crippen molar-refractivity contribution >= 4 is 22.8 Å². The predicted octanol–water partition coefficient (Wildman–Crippen LogP) is 4.71. The first kappa shape index (κ1) is 15.4. The molecule has 1 N–H and O–H groups in total. The topological polar surface area (TPSA) is 63.6 Å². The van der Waals surface area contributed by atoms with Gasteiger partial charge < -0.3 is 5.32 Å². The van der Waals surface area contributed by atoms with Gasteiger partial charge in [-0.2, -0.15) is 0 Å². The fraction of sp³-hybridized carbons (Fsp3) is 0.0526. The van der Waals surface area contributed by atoms with Gasteiger partial charge in [-0.25, -0.2) is 15.0 Å². The molecule has 0 unspecified atom stereocenters. The van der Waals surface area contributed by atoms with Crippen molar-refractivity contribution in [1.29, 1.82) is 0 Å². The second-order valence-corrected chi connectivity index (χ2v) is 6.36. The number of anilines is 2. The molecule has 0 saturated heterocycles. The molecule has 0 aliphatic rings. The van der Waals surface area contributed by atoms with E-state index in [1.807, 2.05) is 49.4 Å². The molecule has 0 radical (unpaired) electrons. The van der Waals surface area contributed by atoms with Crippen molar-refractivity contribution < 1.29 is 0 Å². The molecule has 4 aromatic rings. The van der Waals surface area contributed by atoms with E-state index in [1.165, 1.54) is 0 Å². The van der Waals surface area contributed by atoms with Gasteiger partial charge in [0.05, 0.1) is 11.4 Å². The van der Waals surface area contributed by atoms with Crippen LogP contribution in [0.3, 0.4) is 0 Å². The first-order valence-corrected chi connectivity index (χ1v) is 8.69. The first-order valence-electron chi connectivity index (χ1n) is 7.81. The molecule has 122 valence electrons. The highest BCUT2D eigenvalue weighted by Crippen LogP contribution is 2.29. The largest absolute Gasteiger partial charge is 0.340 e. The molecule has 1 aromatic carbocycles. The summed E-state index contributed by atoms with van der Waals surface area (Å²) >= 11 is 1.59. The number of aryl methyl sites for hydroxylation is 1. The van der Waals surface area contributed by atoms with Crippen molar-refractivity contribution in [2.45, 2.75) is 6.92 Å². The van der Waals surface area contributed by atoms with Crippen LogP contribution >= 0.6 is 11.3 Å². The SMILES string of the molecule is Cc1cc(Nc2cccc(-c3csc(-c4ccccn4)n3)c2)ncn1. The van der Waals surface area contributed by atoms with Crippen molar-refractivity contribution in [2.75, 3.05) is 5.32 Å². The third-order valence-corrected chi connectivity index (χ3v) is 4.49. The number of hydrogen-bond donors (Lipinski definition) is 1. The van der Waals surface area contributed by atoms with E-state index in [1.54, 1.807) is 23.9 Å². The van der Waals surface area contributed by atoms with Crippen molar-refractivity contribution in [3.05, 3.63) is 72.1 Å². The lowest BCUT2D eigenvalue weighted by molar-refractivity contribution is 1.10. The van der Waals surface area contributed by atoms with Crippen LogP contribution in [0.1, 0.15) is 5.69 Å². The summed E-state index contributed by atoms with van der Waals surface area (Å²) in [6.07, 6.45) is 3.34. The minimum Gasteiger partial charge on any atom is -0.340 e. The van der Waals surface area contributed by atoms with Crippen molar-refractivity contribution in [1.82, 2.24) is 19.9 Å². The van der Waals surface area contributed by atoms with E-state index in [4.69, 9.17) is 4.98 Å². The van der Waals surface area contributed by atoms with Crippen LogP contribution in [0.2, 0.25) is 0 Å². The normalized spacial score (nSPS) is 10.6. The van der Waals surface area contributed by atoms with Gasteiger partial charge in [-0.15, -0.1) is 11.3 Å². The Labute approximate surface area is 149 Å². The molecule has 0 atom stereocenters. The van der Waals surface area contributed by atoms with Gasteiger partial charge in [0.2, 0.25) is 0 Å². The van der Waals surface area contributed by atoms with Crippen LogP contribution in [-0.4, -0.2) is 19.9 Å². The number of rotatable bonds is 4. The molecule has 0 aliphatic heterocycles. The zero-order chi connectivity index (χ0) is 17.1. The Balaban J connectivity index is 1.60. The Morgan fingerprint density at radius 1 is 0.920 bits per heavy atom. The summed E-state index contributed by atoms with van der Waals surface area (Å²) in [4.78, 5) is 17.4. The Bertz CT molecular complexity index is 997. The molecule has 5 nitrogen and oxygen atoms in total. The van der Waals surface area contributed by atoms with Gasteiger partial charge in [0.1, 0.15) is 17.2 Å². The smallest absolute Gasteiger partial charge is 0.142 e. The molecule has 3 aromatic heterocycles. The molecule has 0 saturated carbocycles. The molecule has 6 heteroatoms. The summed E-state index contributed by atoms with van der Waals surface area (Å²) in [6.45, 7) is 1.94.